The van der Waals surface area contributed by atoms with Gasteiger partial charge in [-0.2, -0.15) is 0 Å². The molecule has 1 aliphatic carbocycles. The fraction of sp³-hybridized carbons (Fsp3) is 0.467. The molecular weight excluding hydrogens is 452 g/mol. The monoisotopic (exact) mass is 472 g/mol. The second kappa shape index (κ2) is 9.68. The van der Waals surface area contributed by atoms with E-state index in [9.17, 15) is 18.0 Å². The Morgan fingerprint density at radius 3 is 2.64 bits per heavy atom. The molecule has 1 amide bonds. The molecule has 0 aliphatic heterocycles. The van der Waals surface area contributed by atoms with Gasteiger partial charge < -0.3 is 21.1 Å². The van der Waals surface area contributed by atoms with Crippen LogP contribution in [0, 0.1) is 0 Å². The lowest BCUT2D eigenvalue weighted by molar-refractivity contribution is -0.274. The Kier molecular flexibility index (Phi) is 8.26. The Bertz CT molecular complexity index is 607. The molecule has 1 aliphatic rings. The standard InChI is InChI=1S/C15H19F3N4O2.HI/c16-15(17,18)24-12-5-2-1-4-11(12)22-14(19)20-9-3-6-13(23)21-10-7-8-10;/h1-2,4-5,10H,3,6-9H2,(H,21,23)(H3,19,20,22);1H. The van der Waals surface area contributed by atoms with E-state index in [1.54, 1.807) is 6.07 Å². The van der Waals surface area contributed by atoms with Gasteiger partial charge in [-0.15, -0.1) is 37.1 Å². The topological polar surface area (TPSA) is 88.7 Å². The molecule has 25 heavy (non-hydrogen) atoms. The van der Waals surface area contributed by atoms with Gasteiger partial charge in [-0.3, -0.25) is 9.79 Å². The van der Waals surface area contributed by atoms with E-state index in [-0.39, 0.29) is 41.5 Å². The maximum absolute atomic E-state index is 12.3. The third-order valence-corrected chi connectivity index (χ3v) is 3.16. The van der Waals surface area contributed by atoms with Gasteiger partial charge in [-0.25, -0.2) is 0 Å². The van der Waals surface area contributed by atoms with Crippen molar-refractivity contribution in [1.82, 2.24) is 5.32 Å². The van der Waals surface area contributed by atoms with Crippen LogP contribution < -0.4 is 21.1 Å². The molecule has 140 valence electrons. The molecule has 4 N–H and O–H groups in total. The van der Waals surface area contributed by atoms with Crippen molar-refractivity contribution in [2.75, 3.05) is 11.9 Å². The zero-order valence-electron chi connectivity index (χ0n) is 13.3. The Balaban J connectivity index is 0.00000312. The van der Waals surface area contributed by atoms with Crippen molar-refractivity contribution < 1.29 is 22.7 Å². The Morgan fingerprint density at radius 2 is 2.00 bits per heavy atom. The lowest BCUT2D eigenvalue weighted by atomic mass is 10.3. The first-order valence-electron chi connectivity index (χ1n) is 7.54. The normalized spacial score (nSPS) is 14.4. The molecule has 0 radical (unpaired) electrons. The number of nitrogens with two attached hydrogens (primary N) is 1. The molecule has 0 saturated heterocycles. The number of amides is 1. The minimum absolute atomic E-state index is 0. The van der Waals surface area contributed by atoms with Gasteiger partial charge in [0.1, 0.15) is 0 Å². The molecule has 0 unspecified atom stereocenters. The summed E-state index contributed by atoms with van der Waals surface area (Å²) in [6.45, 7) is 0.291. The van der Waals surface area contributed by atoms with Crippen molar-refractivity contribution in [2.45, 2.75) is 38.1 Å². The number of nitrogens with one attached hydrogen (secondary N) is 2. The minimum Gasteiger partial charge on any atom is -0.404 e. The van der Waals surface area contributed by atoms with Gasteiger partial charge in [0.15, 0.2) is 11.7 Å². The van der Waals surface area contributed by atoms with Crippen LogP contribution in [0.4, 0.5) is 18.9 Å². The third kappa shape index (κ3) is 8.79. The van der Waals surface area contributed by atoms with Crippen molar-refractivity contribution >= 4 is 41.5 Å². The molecule has 10 heteroatoms. The second-order valence-corrected chi connectivity index (χ2v) is 5.38. The van der Waals surface area contributed by atoms with Crippen molar-refractivity contribution in [2.24, 2.45) is 10.7 Å². The largest absolute Gasteiger partial charge is 0.573 e. The minimum atomic E-state index is -4.79. The molecule has 2 rings (SSSR count). The summed E-state index contributed by atoms with van der Waals surface area (Å²) >= 11 is 0. The number of anilines is 1. The molecular formula is C15H20F3IN4O2. The first-order chi connectivity index (χ1) is 11.3. The molecule has 6 nitrogen and oxygen atoms in total. The number of hydrogen-bond donors (Lipinski definition) is 3. The fourth-order valence-corrected chi connectivity index (χ4v) is 1.93. The number of carbonyl (C=O) groups is 1. The number of rotatable bonds is 7. The first-order valence-corrected chi connectivity index (χ1v) is 7.54. The molecule has 0 heterocycles. The summed E-state index contributed by atoms with van der Waals surface area (Å²) in [5, 5.41) is 5.42. The summed E-state index contributed by atoms with van der Waals surface area (Å²) in [6.07, 6.45) is -1.90. The number of aliphatic imine (C=N–C) groups is 1. The molecule has 1 aromatic rings. The van der Waals surface area contributed by atoms with Gasteiger partial charge in [0.05, 0.1) is 5.69 Å². The average molecular weight is 472 g/mol. The molecule has 0 atom stereocenters. The Labute approximate surface area is 160 Å². The van der Waals surface area contributed by atoms with Gasteiger partial charge in [-0.05, 0) is 31.4 Å². The van der Waals surface area contributed by atoms with Crippen LogP contribution in [0.1, 0.15) is 25.7 Å². The number of halogens is 4. The zero-order valence-corrected chi connectivity index (χ0v) is 15.6. The molecule has 1 fully saturated rings. The SMILES string of the molecule is I.NC(=NCCCC(=O)NC1CC1)Nc1ccccc1OC(F)(F)F. The lowest BCUT2D eigenvalue weighted by Gasteiger charge is -2.14. The van der Waals surface area contributed by atoms with Crippen LogP contribution in [-0.4, -0.2) is 30.8 Å². The van der Waals surface area contributed by atoms with E-state index in [2.05, 4.69) is 20.4 Å². The Morgan fingerprint density at radius 1 is 1.32 bits per heavy atom. The predicted molar refractivity (Wildman–Crippen MR) is 99.1 cm³/mol. The summed E-state index contributed by atoms with van der Waals surface area (Å²) in [4.78, 5) is 15.5. The van der Waals surface area contributed by atoms with Gasteiger partial charge in [0, 0.05) is 19.0 Å². The molecule has 0 aromatic heterocycles. The lowest BCUT2D eigenvalue weighted by Crippen LogP contribution is -2.26. The first kappa shape index (κ1) is 21.3. The molecule has 0 spiro atoms. The van der Waals surface area contributed by atoms with Gasteiger partial charge in [-0.1, -0.05) is 12.1 Å². The van der Waals surface area contributed by atoms with E-state index in [4.69, 9.17) is 5.73 Å². The summed E-state index contributed by atoms with van der Waals surface area (Å²) in [7, 11) is 0. The Hall–Kier alpha value is -1.72. The van der Waals surface area contributed by atoms with Crippen molar-refractivity contribution in [3.05, 3.63) is 24.3 Å². The van der Waals surface area contributed by atoms with E-state index < -0.39 is 12.1 Å². The number of nitrogens with zero attached hydrogens (tertiary/aromatic N) is 1. The maximum atomic E-state index is 12.3. The quantitative estimate of drug-likeness (QED) is 0.247. The highest BCUT2D eigenvalue weighted by atomic mass is 127. The van der Waals surface area contributed by atoms with Crippen LogP contribution >= 0.6 is 24.0 Å². The highest BCUT2D eigenvalue weighted by Gasteiger charge is 2.32. The second-order valence-electron chi connectivity index (χ2n) is 5.38. The van der Waals surface area contributed by atoms with E-state index in [1.165, 1.54) is 18.2 Å². The van der Waals surface area contributed by atoms with E-state index in [1.807, 2.05) is 0 Å². The predicted octanol–water partition coefficient (Wildman–Crippen LogP) is 2.99. The highest BCUT2D eigenvalue weighted by molar-refractivity contribution is 14.0. The number of guanidine groups is 1. The number of ether oxygens (including phenoxy) is 1. The van der Waals surface area contributed by atoms with Crippen LogP contribution in [0.15, 0.2) is 29.3 Å². The summed E-state index contributed by atoms with van der Waals surface area (Å²) in [5.74, 6) is -0.467. The van der Waals surface area contributed by atoms with Crippen molar-refractivity contribution in [3.63, 3.8) is 0 Å². The number of carbonyl (C=O) groups excluding carboxylic acids is 1. The fourth-order valence-electron chi connectivity index (χ4n) is 1.93. The molecule has 1 aromatic carbocycles. The number of hydrogen-bond acceptors (Lipinski definition) is 3. The summed E-state index contributed by atoms with van der Waals surface area (Å²) < 4.78 is 40.9. The smallest absolute Gasteiger partial charge is 0.404 e. The number of para-hydroxylation sites is 2. The van der Waals surface area contributed by atoms with Crippen LogP contribution in [0.3, 0.4) is 0 Å². The molecule has 1 saturated carbocycles. The van der Waals surface area contributed by atoms with Crippen LogP contribution in [0.25, 0.3) is 0 Å². The van der Waals surface area contributed by atoms with Crippen molar-refractivity contribution in [3.8, 4) is 5.75 Å². The third-order valence-electron chi connectivity index (χ3n) is 3.16. The van der Waals surface area contributed by atoms with E-state index in [0.29, 0.717) is 25.4 Å². The molecule has 0 bridgehead atoms. The van der Waals surface area contributed by atoms with Crippen LogP contribution in [-0.2, 0) is 4.79 Å². The van der Waals surface area contributed by atoms with Crippen LogP contribution in [0.5, 0.6) is 5.75 Å². The summed E-state index contributed by atoms with van der Waals surface area (Å²) in [6, 6.07) is 5.84. The van der Waals surface area contributed by atoms with Gasteiger partial charge in [0.2, 0.25) is 5.91 Å². The van der Waals surface area contributed by atoms with Crippen LogP contribution in [0.2, 0.25) is 0 Å². The van der Waals surface area contributed by atoms with E-state index >= 15 is 0 Å². The van der Waals surface area contributed by atoms with Gasteiger partial charge in [0.25, 0.3) is 0 Å². The average Bonchev–Trinajstić information content (AvgIpc) is 3.28. The number of benzene rings is 1. The maximum Gasteiger partial charge on any atom is 0.573 e. The number of alkyl halides is 3. The zero-order chi connectivity index (χ0) is 17.6. The van der Waals surface area contributed by atoms with E-state index in [0.717, 1.165) is 12.8 Å². The summed E-state index contributed by atoms with van der Waals surface area (Å²) in [5.41, 5.74) is 5.71. The van der Waals surface area contributed by atoms with Gasteiger partial charge >= 0.3 is 6.36 Å². The highest BCUT2D eigenvalue weighted by Crippen LogP contribution is 2.29. The van der Waals surface area contributed by atoms with Crippen molar-refractivity contribution in [1.29, 1.82) is 0 Å².